The second-order valence-corrected chi connectivity index (χ2v) is 11.6. The summed E-state index contributed by atoms with van der Waals surface area (Å²) in [6.45, 7) is 11.8. The van der Waals surface area contributed by atoms with Crippen molar-refractivity contribution in [3.63, 3.8) is 0 Å². The number of anilines is 2. The Labute approximate surface area is 236 Å². The number of methoxy groups -OCH3 is 1. The SMILES string of the molecule is C=Cc1ccccc1C1(OC)c2ccc(N3CC(C)(C)c4cc(C)ccc43)cc2Oc2c1ccc1ccccc21. The van der Waals surface area contributed by atoms with Crippen LogP contribution in [0, 0.1) is 6.92 Å². The molecule has 0 bridgehead atoms. The van der Waals surface area contributed by atoms with Gasteiger partial charge in [0.25, 0.3) is 0 Å². The monoisotopic (exact) mass is 523 g/mol. The van der Waals surface area contributed by atoms with Crippen LogP contribution in [0.15, 0.2) is 104 Å². The number of rotatable bonds is 4. The van der Waals surface area contributed by atoms with E-state index >= 15 is 0 Å². The highest BCUT2D eigenvalue weighted by atomic mass is 16.5. The molecule has 3 nitrogen and oxygen atoms in total. The molecule has 0 aromatic heterocycles. The minimum Gasteiger partial charge on any atom is -0.456 e. The maximum Gasteiger partial charge on any atom is 0.151 e. The summed E-state index contributed by atoms with van der Waals surface area (Å²) >= 11 is 0. The molecule has 2 aliphatic rings. The summed E-state index contributed by atoms with van der Waals surface area (Å²) in [6.07, 6.45) is 1.91. The van der Waals surface area contributed by atoms with Gasteiger partial charge in [-0.15, -0.1) is 0 Å². The van der Waals surface area contributed by atoms with Crippen LogP contribution in [0.2, 0.25) is 0 Å². The quantitative estimate of drug-likeness (QED) is 0.234. The van der Waals surface area contributed by atoms with Gasteiger partial charge in [0.1, 0.15) is 11.5 Å². The Hall–Kier alpha value is -4.34. The van der Waals surface area contributed by atoms with Crippen molar-refractivity contribution in [2.45, 2.75) is 31.8 Å². The number of hydrogen-bond acceptors (Lipinski definition) is 3. The zero-order chi connectivity index (χ0) is 27.6. The van der Waals surface area contributed by atoms with E-state index in [4.69, 9.17) is 9.47 Å². The third-order valence-electron chi connectivity index (χ3n) is 8.72. The average molecular weight is 524 g/mol. The number of benzene rings is 5. The summed E-state index contributed by atoms with van der Waals surface area (Å²) in [6, 6.07) is 34.4. The van der Waals surface area contributed by atoms with E-state index in [1.807, 2.05) is 12.1 Å². The molecule has 0 fully saturated rings. The zero-order valence-electron chi connectivity index (χ0n) is 23.5. The molecule has 5 aromatic rings. The molecule has 2 aliphatic heterocycles. The van der Waals surface area contributed by atoms with Crippen molar-refractivity contribution in [1.29, 1.82) is 0 Å². The maximum atomic E-state index is 6.87. The van der Waals surface area contributed by atoms with Crippen LogP contribution >= 0.6 is 0 Å². The van der Waals surface area contributed by atoms with Crippen LogP contribution in [0.25, 0.3) is 16.8 Å². The molecule has 1 atom stereocenters. The number of fused-ring (bicyclic) bond motifs is 5. The molecule has 0 aliphatic carbocycles. The van der Waals surface area contributed by atoms with E-state index in [-0.39, 0.29) is 5.41 Å². The van der Waals surface area contributed by atoms with Gasteiger partial charge < -0.3 is 14.4 Å². The lowest BCUT2D eigenvalue weighted by atomic mass is 9.75. The number of ether oxygens (including phenoxy) is 2. The Morgan fingerprint density at radius 3 is 2.42 bits per heavy atom. The molecule has 198 valence electrons. The summed E-state index contributed by atoms with van der Waals surface area (Å²) in [5, 5.41) is 2.20. The van der Waals surface area contributed by atoms with Gasteiger partial charge in [-0.2, -0.15) is 0 Å². The third-order valence-corrected chi connectivity index (χ3v) is 8.72. The van der Waals surface area contributed by atoms with Crippen molar-refractivity contribution in [2.24, 2.45) is 0 Å². The molecule has 0 N–H and O–H groups in total. The van der Waals surface area contributed by atoms with Gasteiger partial charge in [0.05, 0.1) is 0 Å². The molecular weight excluding hydrogens is 490 g/mol. The van der Waals surface area contributed by atoms with Crippen LogP contribution < -0.4 is 9.64 Å². The Kier molecular flexibility index (Phi) is 5.45. The van der Waals surface area contributed by atoms with Crippen molar-refractivity contribution in [2.75, 3.05) is 18.6 Å². The summed E-state index contributed by atoms with van der Waals surface area (Å²) in [4.78, 5) is 2.42. The highest BCUT2D eigenvalue weighted by Crippen LogP contribution is 2.56. The second-order valence-electron chi connectivity index (χ2n) is 11.6. The van der Waals surface area contributed by atoms with E-state index in [1.54, 1.807) is 7.11 Å². The third kappa shape index (κ3) is 3.41. The van der Waals surface area contributed by atoms with Crippen LogP contribution in [-0.4, -0.2) is 13.7 Å². The fraction of sp³-hybridized carbons (Fsp3) is 0.189. The summed E-state index contributed by atoms with van der Waals surface area (Å²) < 4.78 is 13.5. The zero-order valence-corrected chi connectivity index (χ0v) is 23.5. The highest BCUT2D eigenvalue weighted by Gasteiger charge is 2.46. The fourth-order valence-corrected chi connectivity index (χ4v) is 6.78. The fourth-order valence-electron chi connectivity index (χ4n) is 6.78. The molecule has 7 rings (SSSR count). The predicted octanol–water partition coefficient (Wildman–Crippen LogP) is 9.26. The first-order valence-electron chi connectivity index (χ1n) is 13.9. The van der Waals surface area contributed by atoms with E-state index in [9.17, 15) is 0 Å². The van der Waals surface area contributed by atoms with E-state index in [0.29, 0.717) is 0 Å². The summed E-state index contributed by atoms with van der Waals surface area (Å²) in [5.74, 6) is 1.64. The van der Waals surface area contributed by atoms with Crippen molar-refractivity contribution < 1.29 is 9.47 Å². The van der Waals surface area contributed by atoms with Gasteiger partial charge >= 0.3 is 0 Å². The van der Waals surface area contributed by atoms with Crippen LogP contribution in [0.3, 0.4) is 0 Å². The highest BCUT2D eigenvalue weighted by molar-refractivity contribution is 5.92. The van der Waals surface area contributed by atoms with Gasteiger partial charge in [-0.25, -0.2) is 0 Å². The van der Waals surface area contributed by atoms with E-state index in [1.165, 1.54) is 16.8 Å². The number of nitrogens with zero attached hydrogens (tertiary/aromatic N) is 1. The molecule has 0 saturated heterocycles. The molecule has 0 radical (unpaired) electrons. The molecule has 0 amide bonds. The number of aryl methyl sites for hydroxylation is 1. The van der Waals surface area contributed by atoms with Crippen LogP contribution in [-0.2, 0) is 15.8 Å². The lowest BCUT2D eigenvalue weighted by molar-refractivity contribution is 0.0500. The largest absolute Gasteiger partial charge is 0.456 e. The smallest absolute Gasteiger partial charge is 0.151 e. The van der Waals surface area contributed by atoms with Crippen molar-refractivity contribution in [3.8, 4) is 11.5 Å². The molecule has 0 spiro atoms. The summed E-state index contributed by atoms with van der Waals surface area (Å²) in [7, 11) is 1.80. The molecule has 0 saturated carbocycles. The maximum absolute atomic E-state index is 6.87. The van der Waals surface area contributed by atoms with Crippen LogP contribution in [0.5, 0.6) is 11.5 Å². The van der Waals surface area contributed by atoms with Gasteiger partial charge in [0.2, 0.25) is 0 Å². The van der Waals surface area contributed by atoms with Crippen LogP contribution in [0.1, 0.15) is 47.2 Å². The second kappa shape index (κ2) is 8.84. The minimum atomic E-state index is -0.866. The van der Waals surface area contributed by atoms with E-state index in [2.05, 4.69) is 123 Å². The first kappa shape index (κ1) is 24.7. The molecular formula is C37H33NO2. The van der Waals surface area contributed by atoms with E-state index < -0.39 is 5.60 Å². The van der Waals surface area contributed by atoms with Crippen molar-refractivity contribution in [1.82, 2.24) is 0 Å². The van der Waals surface area contributed by atoms with Gasteiger partial charge in [0.15, 0.2) is 5.60 Å². The first-order valence-corrected chi connectivity index (χ1v) is 13.9. The lowest BCUT2D eigenvalue weighted by Gasteiger charge is -2.41. The first-order chi connectivity index (χ1) is 19.4. The summed E-state index contributed by atoms with van der Waals surface area (Å²) in [5.41, 5.74) is 8.27. The Morgan fingerprint density at radius 1 is 0.825 bits per heavy atom. The van der Waals surface area contributed by atoms with Gasteiger partial charge in [-0.1, -0.05) is 105 Å². The molecule has 5 aromatic carbocycles. The Balaban J connectivity index is 1.49. The van der Waals surface area contributed by atoms with Crippen molar-refractivity contribution >= 4 is 28.2 Å². The lowest BCUT2D eigenvalue weighted by Crippen LogP contribution is -2.35. The average Bonchev–Trinajstić information content (AvgIpc) is 3.25. The van der Waals surface area contributed by atoms with Crippen molar-refractivity contribution in [3.05, 3.63) is 137 Å². The van der Waals surface area contributed by atoms with Gasteiger partial charge in [-0.3, -0.25) is 0 Å². The van der Waals surface area contributed by atoms with Crippen LogP contribution in [0.4, 0.5) is 11.4 Å². The molecule has 2 heterocycles. The predicted molar refractivity (Wildman–Crippen MR) is 165 cm³/mol. The normalized spacial score (nSPS) is 18.6. The van der Waals surface area contributed by atoms with Gasteiger partial charge in [0, 0.05) is 58.6 Å². The van der Waals surface area contributed by atoms with Gasteiger partial charge in [-0.05, 0) is 41.6 Å². The standard InChI is InChI=1S/C37H33NO2/c1-6-25-11-8-10-14-29(25)37(39-5)30-19-17-27(38-23-36(3,4)32-21-24(2)15-20-33(32)38)22-34(30)40-35-28-13-9-7-12-26(28)16-18-31(35)37/h6-22H,1,23H2,2-5H3. The Bertz CT molecular complexity index is 1820. The molecule has 1 unspecified atom stereocenters. The number of hydrogen-bond donors (Lipinski definition) is 0. The van der Waals surface area contributed by atoms with E-state index in [0.717, 1.165) is 56.8 Å². The minimum absolute atomic E-state index is 0.0418. The molecule has 40 heavy (non-hydrogen) atoms. The topological polar surface area (TPSA) is 21.7 Å². The Morgan fingerprint density at radius 2 is 1.60 bits per heavy atom. The molecule has 3 heteroatoms.